The minimum Gasteiger partial charge on any atom is -0.339 e. The molecule has 4 fully saturated rings. The summed E-state index contributed by atoms with van der Waals surface area (Å²) < 4.78 is 5.42. The molecule has 1 aromatic heterocycles. The first kappa shape index (κ1) is 11.9. The summed E-state index contributed by atoms with van der Waals surface area (Å²) in [5, 5.41) is 4.32. The van der Waals surface area contributed by atoms with Crippen LogP contribution in [0.5, 0.6) is 0 Å². The number of nitrogens with zero attached hydrogens (tertiary/aromatic N) is 2. The Balaban J connectivity index is 1.62. The SMILES string of the molecule is C[C@@H](N)Cc1nc(C23CC4CC(CC(C4)C2)C3)no1. The molecule has 0 saturated heterocycles. The van der Waals surface area contributed by atoms with E-state index in [1.165, 1.54) is 38.5 Å². The molecule has 4 nitrogen and oxygen atoms in total. The molecule has 5 rings (SSSR count). The normalized spacial score (nSPS) is 41.7. The summed E-state index contributed by atoms with van der Waals surface area (Å²) in [6, 6.07) is 0.0877. The van der Waals surface area contributed by atoms with Crippen LogP contribution in [0.1, 0.15) is 57.2 Å². The van der Waals surface area contributed by atoms with Crippen LogP contribution in [0.4, 0.5) is 0 Å². The minimum atomic E-state index is 0.0877. The van der Waals surface area contributed by atoms with Crippen LogP contribution >= 0.6 is 0 Å². The lowest BCUT2D eigenvalue weighted by atomic mass is 9.49. The monoisotopic (exact) mass is 261 g/mol. The number of rotatable bonds is 3. The third-order valence-electron chi connectivity index (χ3n) is 5.48. The van der Waals surface area contributed by atoms with Crippen molar-refractivity contribution in [2.24, 2.45) is 23.5 Å². The van der Waals surface area contributed by atoms with Crippen LogP contribution in [0, 0.1) is 17.8 Å². The molecule has 4 aliphatic carbocycles. The summed E-state index contributed by atoms with van der Waals surface area (Å²) in [7, 11) is 0. The molecule has 4 aliphatic rings. The zero-order valence-electron chi connectivity index (χ0n) is 11.6. The molecular formula is C15H23N3O. The average Bonchev–Trinajstić information content (AvgIpc) is 2.75. The lowest BCUT2D eigenvalue weighted by molar-refractivity contribution is -0.0103. The van der Waals surface area contributed by atoms with E-state index in [4.69, 9.17) is 10.3 Å². The van der Waals surface area contributed by atoms with Gasteiger partial charge in [-0.1, -0.05) is 5.16 Å². The highest BCUT2D eigenvalue weighted by atomic mass is 16.5. The van der Waals surface area contributed by atoms with E-state index in [9.17, 15) is 0 Å². The molecule has 0 amide bonds. The average molecular weight is 261 g/mol. The van der Waals surface area contributed by atoms with Crippen LogP contribution in [-0.4, -0.2) is 16.2 Å². The van der Waals surface area contributed by atoms with Crippen molar-refractivity contribution in [3.8, 4) is 0 Å². The number of hydrogen-bond acceptors (Lipinski definition) is 4. The minimum absolute atomic E-state index is 0.0877. The highest BCUT2D eigenvalue weighted by molar-refractivity contribution is 5.16. The molecule has 2 N–H and O–H groups in total. The Kier molecular flexibility index (Phi) is 2.53. The van der Waals surface area contributed by atoms with E-state index >= 15 is 0 Å². The van der Waals surface area contributed by atoms with E-state index in [2.05, 4.69) is 10.1 Å². The largest absolute Gasteiger partial charge is 0.339 e. The van der Waals surface area contributed by atoms with Crippen LogP contribution in [-0.2, 0) is 11.8 Å². The van der Waals surface area contributed by atoms with Gasteiger partial charge in [0.1, 0.15) is 0 Å². The van der Waals surface area contributed by atoms with Crippen molar-refractivity contribution in [1.29, 1.82) is 0 Å². The first-order valence-electron chi connectivity index (χ1n) is 7.71. The van der Waals surface area contributed by atoms with Gasteiger partial charge in [-0.15, -0.1) is 0 Å². The molecule has 19 heavy (non-hydrogen) atoms. The van der Waals surface area contributed by atoms with E-state index in [0.717, 1.165) is 29.5 Å². The number of nitrogens with two attached hydrogens (primary N) is 1. The maximum Gasteiger partial charge on any atom is 0.228 e. The molecule has 4 heteroatoms. The first-order valence-corrected chi connectivity index (χ1v) is 7.71. The first-order chi connectivity index (χ1) is 9.13. The quantitative estimate of drug-likeness (QED) is 0.907. The van der Waals surface area contributed by atoms with Crippen LogP contribution in [0.15, 0.2) is 4.52 Å². The third-order valence-corrected chi connectivity index (χ3v) is 5.48. The smallest absolute Gasteiger partial charge is 0.228 e. The Hall–Kier alpha value is -0.900. The van der Waals surface area contributed by atoms with Crippen molar-refractivity contribution < 1.29 is 4.52 Å². The van der Waals surface area contributed by atoms with Crippen molar-refractivity contribution >= 4 is 0 Å². The van der Waals surface area contributed by atoms with Gasteiger partial charge in [0.05, 0.1) is 0 Å². The van der Waals surface area contributed by atoms with E-state index in [-0.39, 0.29) is 11.5 Å². The van der Waals surface area contributed by atoms with Crippen molar-refractivity contribution in [2.75, 3.05) is 0 Å². The van der Waals surface area contributed by atoms with Gasteiger partial charge in [-0.25, -0.2) is 0 Å². The Labute approximate surface area is 114 Å². The Morgan fingerprint density at radius 1 is 1.21 bits per heavy atom. The van der Waals surface area contributed by atoms with Crippen molar-refractivity contribution in [1.82, 2.24) is 10.1 Å². The Morgan fingerprint density at radius 2 is 1.79 bits per heavy atom. The third kappa shape index (κ3) is 1.92. The molecule has 104 valence electrons. The topological polar surface area (TPSA) is 64.9 Å². The molecule has 1 atom stereocenters. The summed E-state index contributed by atoms with van der Waals surface area (Å²) in [4.78, 5) is 4.68. The molecule has 0 spiro atoms. The predicted octanol–water partition coefficient (Wildman–Crippen LogP) is 2.43. The second-order valence-corrected chi connectivity index (χ2v) is 7.39. The zero-order chi connectivity index (χ0) is 13.0. The molecule has 0 unspecified atom stereocenters. The highest BCUT2D eigenvalue weighted by Gasteiger charge is 2.53. The summed E-state index contributed by atoms with van der Waals surface area (Å²) in [5.41, 5.74) is 6.06. The molecule has 0 aliphatic heterocycles. The molecular weight excluding hydrogens is 238 g/mol. The van der Waals surface area contributed by atoms with Gasteiger partial charge in [0.25, 0.3) is 0 Å². The molecule has 4 saturated carbocycles. The highest BCUT2D eigenvalue weighted by Crippen LogP contribution is 2.60. The fraction of sp³-hybridized carbons (Fsp3) is 0.867. The van der Waals surface area contributed by atoms with Gasteiger partial charge < -0.3 is 10.3 Å². The van der Waals surface area contributed by atoms with Gasteiger partial charge in [-0.05, 0) is 63.2 Å². The van der Waals surface area contributed by atoms with Gasteiger partial charge in [0.2, 0.25) is 5.89 Å². The van der Waals surface area contributed by atoms with Gasteiger partial charge in [-0.2, -0.15) is 4.98 Å². The summed E-state index contributed by atoms with van der Waals surface area (Å²) in [5.74, 6) is 4.47. The van der Waals surface area contributed by atoms with Crippen molar-refractivity contribution in [2.45, 2.75) is 63.3 Å². The number of hydrogen-bond donors (Lipinski definition) is 1. The molecule has 1 aromatic rings. The second kappa shape index (κ2) is 4.05. The van der Waals surface area contributed by atoms with Crippen LogP contribution in [0.3, 0.4) is 0 Å². The van der Waals surface area contributed by atoms with Crippen molar-refractivity contribution in [3.63, 3.8) is 0 Å². The Morgan fingerprint density at radius 3 is 2.32 bits per heavy atom. The maximum absolute atomic E-state index is 5.81. The molecule has 0 aromatic carbocycles. The van der Waals surface area contributed by atoms with E-state index < -0.39 is 0 Å². The number of aromatic nitrogens is 2. The van der Waals surface area contributed by atoms with E-state index in [1.54, 1.807) is 0 Å². The van der Waals surface area contributed by atoms with Crippen LogP contribution < -0.4 is 5.73 Å². The van der Waals surface area contributed by atoms with Gasteiger partial charge >= 0.3 is 0 Å². The standard InChI is InChI=1S/C15H23N3O/c1-9(16)2-13-17-14(18-19-13)15-6-10-3-11(7-15)5-12(4-10)8-15/h9-12H,2-8,16H2,1H3/t9-,10?,11?,12?,15?/m1/s1. The lowest BCUT2D eigenvalue weighted by Crippen LogP contribution is -2.49. The van der Waals surface area contributed by atoms with Crippen LogP contribution in [0.2, 0.25) is 0 Å². The Bertz CT molecular complexity index is 444. The predicted molar refractivity (Wildman–Crippen MR) is 71.5 cm³/mol. The van der Waals surface area contributed by atoms with E-state index in [0.29, 0.717) is 6.42 Å². The fourth-order valence-corrected chi connectivity index (χ4v) is 5.21. The second-order valence-electron chi connectivity index (χ2n) is 7.39. The van der Waals surface area contributed by atoms with Crippen molar-refractivity contribution in [3.05, 3.63) is 11.7 Å². The summed E-state index contributed by atoms with van der Waals surface area (Å²) in [6.45, 7) is 1.98. The summed E-state index contributed by atoms with van der Waals surface area (Å²) in [6.07, 6.45) is 8.90. The zero-order valence-corrected chi connectivity index (χ0v) is 11.6. The van der Waals surface area contributed by atoms with Gasteiger partial charge in [-0.3, -0.25) is 0 Å². The van der Waals surface area contributed by atoms with Gasteiger partial charge in [0.15, 0.2) is 5.82 Å². The fourth-order valence-electron chi connectivity index (χ4n) is 5.21. The molecule has 1 heterocycles. The van der Waals surface area contributed by atoms with Gasteiger partial charge in [0, 0.05) is 17.9 Å². The van der Waals surface area contributed by atoms with Crippen LogP contribution in [0.25, 0.3) is 0 Å². The summed E-state index contributed by atoms with van der Waals surface area (Å²) >= 11 is 0. The maximum atomic E-state index is 5.81. The van der Waals surface area contributed by atoms with E-state index in [1.807, 2.05) is 6.92 Å². The lowest BCUT2D eigenvalue weighted by Gasteiger charge is -2.55. The molecule has 4 bridgehead atoms. The molecule has 0 radical (unpaired) electrons.